The van der Waals surface area contributed by atoms with E-state index in [9.17, 15) is 8.42 Å². The third kappa shape index (κ3) is 2.05. The second-order valence-corrected chi connectivity index (χ2v) is 7.54. The molecule has 1 heterocycles. The Bertz CT molecular complexity index is 329. The Labute approximate surface area is 92.1 Å². The zero-order valence-corrected chi connectivity index (χ0v) is 11.1. The summed E-state index contributed by atoms with van der Waals surface area (Å²) in [6.07, 6.45) is 0. The molecule has 15 heavy (non-hydrogen) atoms. The van der Waals surface area contributed by atoms with E-state index in [1.165, 1.54) is 0 Å². The van der Waals surface area contributed by atoms with E-state index in [-0.39, 0.29) is 5.94 Å². The number of ether oxygens (including phenoxy) is 1. The van der Waals surface area contributed by atoms with E-state index in [2.05, 4.69) is 0 Å². The number of hydrogen-bond donors (Lipinski definition) is 0. The van der Waals surface area contributed by atoms with Crippen molar-refractivity contribution in [3.63, 3.8) is 0 Å². The molecule has 0 aromatic carbocycles. The van der Waals surface area contributed by atoms with Crippen LogP contribution < -0.4 is 0 Å². The van der Waals surface area contributed by atoms with Crippen molar-refractivity contribution < 1.29 is 17.3 Å². The SMILES string of the molecule is CC(C)(C)C1(C(C)(C)C)OCS(=O)(=O)O1. The maximum atomic E-state index is 11.4. The smallest absolute Gasteiger partial charge is 0.294 e. The lowest BCUT2D eigenvalue weighted by molar-refractivity contribution is -0.263. The van der Waals surface area contributed by atoms with Gasteiger partial charge in [0.25, 0.3) is 10.1 Å². The fraction of sp³-hybridized carbons (Fsp3) is 1.00. The second kappa shape index (κ2) is 3.18. The van der Waals surface area contributed by atoms with Crippen LogP contribution in [0.3, 0.4) is 0 Å². The van der Waals surface area contributed by atoms with Gasteiger partial charge >= 0.3 is 0 Å². The normalized spacial score (nSPS) is 25.5. The van der Waals surface area contributed by atoms with Crippen LogP contribution in [-0.2, 0) is 19.0 Å². The highest BCUT2D eigenvalue weighted by Gasteiger charge is 2.60. The summed E-state index contributed by atoms with van der Waals surface area (Å²) >= 11 is 0. The van der Waals surface area contributed by atoms with E-state index in [1.54, 1.807) is 0 Å². The highest BCUT2D eigenvalue weighted by atomic mass is 32.2. The maximum absolute atomic E-state index is 11.4. The first-order chi connectivity index (χ1) is 6.41. The van der Waals surface area contributed by atoms with Crippen molar-refractivity contribution in [2.45, 2.75) is 47.3 Å². The zero-order chi connectivity index (χ0) is 12.1. The van der Waals surface area contributed by atoms with Crippen molar-refractivity contribution in [1.82, 2.24) is 0 Å². The summed E-state index contributed by atoms with van der Waals surface area (Å²) in [5.41, 5.74) is -0.816. The zero-order valence-electron chi connectivity index (χ0n) is 10.2. The molecule has 0 aliphatic carbocycles. The molecule has 1 rings (SSSR count). The van der Waals surface area contributed by atoms with Crippen molar-refractivity contribution in [2.75, 3.05) is 5.94 Å². The molecule has 0 saturated carbocycles. The van der Waals surface area contributed by atoms with Gasteiger partial charge in [0.2, 0.25) is 0 Å². The minimum Gasteiger partial charge on any atom is -0.329 e. The predicted molar refractivity (Wildman–Crippen MR) is 57.6 cm³/mol. The summed E-state index contributed by atoms with van der Waals surface area (Å²) in [7, 11) is -3.54. The molecule has 1 saturated heterocycles. The summed E-state index contributed by atoms with van der Waals surface area (Å²) in [6.45, 7) is 11.5. The van der Waals surface area contributed by atoms with Crippen LogP contribution in [0.2, 0.25) is 0 Å². The van der Waals surface area contributed by atoms with Crippen LogP contribution >= 0.6 is 0 Å². The molecule has 0 atom stereocenters. The van der Waals surface area contributed by atoms with Crippen LogP contribution in [0.15, 0.2) is 0 Å². The highest BCUT2D eigenvalue weighted by Crippen LogP contribution is 2.51. The van der Waals surface area contributed by atoms with Gasteiger partial charge in [-0.25, -0.2) is 4.18 Å². The minimum atomic E-state index is -3.54. The molecule has 0 N–H and O–H groups in total. The molecule has 0 bridgehead atoms. The van der Waals surface area contributed by atoms with Crippen molar-refractivity contribution in [2.24, 2.45) is 10.8 Å². The minimum absolute atomic E-state index is 0.360. The number of rotatable bonds is 0. The monoisotopic (exact) mass is 236 g/mol. The molecule has 4 nitrogen and oxygen atoms in total. The summed E-state index contributed by atoms with van der Waals surface area (Å²) < 4.78 is 33.5. The van der Waals surface area contributed by atoms with Crippen LogP contribution in [0.25, 0.3) is 0 Å². The molecule has 5 heteroatoms. The van der Waals surface area contributed by atoms with Crippen molar-refractivity contribution >= 4 is 10.1 Å². The van der Waals surface area contributed by atoms with Crippen LogP contribution in [0.5, 0.6) is 0 Å². The van der Waals surface area contributed by atoms with Gasteiger partial charge in [-0.15, -0.1) is 0 Å². The molecule has 90 valence electrons. The molecule has 0 radical (unpaired) electrons. The molecule has 1 fully saturated rings. The molecule has 1 aliphatic rings. The van der Waals surface area contributed by atoms with Gasteiger partial charge in [-0.2, -0.15) is 8.42 Å². The fourth-order valence-corrected chi connectivity index (χ4v) is 3.45. The lowest BCUT2D eigenvalue weighted by atomic mass is 9.70. The molecular formula is C10H20O4S. The Morgan fingerprint density at radius 1 is 1.00 bits per heavy atom. The first kappa shape index (κ1) is 12.9. The Morgan fingerprint density at radius 3 is 1.53 bits per heavy atom. The molecule has 0 aromatic heterocycles. The molecular weight excluding hydrogens is 216 g/mol. The average Bonchev–Trinajstić information content (AvgIpc) is 2.23. The largest absolute Gasteiger partial charge is 0.329 e. The summed E-state index contributed by atoms with van der Waals surface area (Å²) in [5.74, 6) is -1.44. The molecule has 0 aromatic rings. The Morgan fingerprint density at radius 2 is 1.40 bits per heavy atom. The lowest BCUT2D eigenvalue weighted by Crippen LogP contribution is -2.54. The van der Waals surface area contributed by atoms with Crippen LogP contribution in [-0.4, -0.2) is 20.1 Å². The van der Waals surface area contributed by atoms with Gasteiger partial charge in [0, 0.05) is 10.8 Å². The molecule has 0 unspecified atom stereocenters. The average molecular weight is 236 g/mol. The quantitative estimate of drug-likeness (QED) is 0.604. The third-order valence-corrected chi connectivity index (χ3v) is 3.52. The maximum Gasteiger partial charge on any atom is 0.294 e. The standard InChI is InChI=1S/C10H20O4S/c1-8(2,3)10(9(4,5)6)13-7-15(11,12)14-10/h7H2,1-6H3. The molecule has 1 aliphatic heterocycles. The van der Waals surface area contributed by atoms with E-state index < -0.39 is 26.7 Å². The Balaban J connectivity index is 3.25. The molecule has 0 amide bonds. The third-order valence-electron chi connectivity index (χ3n) is 2.63. The van der Waals surface area contributed by atoms with Gasteiger partial charge in [-0.1, -0.05) is 41.5 Å². The topological polar surface area (TPSA) is 52.6 Å². The van der Waals surface area contributed by atoms with Gasteiger partial charge < -0.3 is 4.74 Å². The van der Waals surface area contributed by atoms with Gasteiger partial charge in [0.15, 0.2) is 11.7 Å². The Kier molecular flexibility index (Phi) is 2.74. The highest BCUT2D eigenvalue weighted by molar-refractivity contribution is 7.86. The fourth-order valence-electron chi connectivity index (χ4n) is 2.19. The predicted octanol–water partition coefficient (Wildman–Crippen LogP) is 2.11. The van der Waals surface area contributed by atoms with Crippen molar-refractivity contribution in [3.8, 4) is 0 Å². The van der Waals surface area contributed by atoms with E-state index in [0.717, 1.165) is 0 Å². The first-order valence-corrected chi connectivity index (χ1v) is 6.56. The van der Waals surface area contributed by atoms with Crippen LogP contribution in [0.1, 0.15) is 41.5 Å². The van der Waals surface area contributed by atoms with E-state index in [1.807, 2.05) is 41.5 Å². The van der Waals surface area contributed by atoms with E-state index in [4.69, 9.17) is 8.92 Å². The summed E-state index contributed by atoms with van der Waals surface area (Å²) in [6, 6.07) is 0. The van der Waals surface area contributed by atoms with Crippen LogP contribution in [0, 0.1) is 10.8 Å². The van der Waals surface area contributed by atoms with Crippen molar-refractivity contribution in [3.05, 3.63) is 0 Å². The second-order valence-electron chi connectivity index (χ2n) is 6.02. The Hall–Kier alpha value is -0.130. The van der Waals surface area contributed by atoms with E-state index >= 15 is 0 Å². The molecule has 0 spiro atoms. The van der Waals surface area contributed by atoms with Crippen LogP contribution in [0.4, 0.5) is 0 Å². The first-order valence-electron chi connectivity index (χ1n) is 4.99. The number of hydrogen-bond acceptors (Lipinski definition) is 4. The van der Waals surface area contributed by atoms with Gasteiger partial charge in [-0.05, 0) is 0 Å². The van der Waals surface area contributed by atoms with Crippen molar-refractivity contribution in [1.29, 1.82) is 0 Å². The van der Waals surface area contributed by atoms with Gasteiger partial charge in [-0.3, -0.25) is 0 Å². The van der Waals surface area contributed by atoms with E-state index in [0.29, 0.717) is 0 Å². The lowest BCUT2D eigenvalue weighted by Gasteiger charge is -2.47. The summed E-state index contributed by atoms with van der Waals surface area (Å²) in [5, 5.41) is 0. The van der Waals surface area contributed by atoms with Gasteiger partial charge in [0.1, 0.15) is 0 Å². The summed E-state index contributed by atoms with van der Waals surface area (Å²) in [4.78, 5) is 0. The van der Waals surface area contributed by atoms with Gasteiger partial charge in [0.05, 0.1) is 0 Å².